The standard InChI is InChI=1S/C49H43.2ClH.Zr/c1-48(2,3)38-25-27-39-37(28-38)30-43-42(39)31-44(45(34-18-12-8-13-19-34)35-20-14-9-15-21-35)47(49(4,5)6)46(43)40-26-24-33-22-23-36(29-41(33)40)32-16-10-7-11-17-32;;;/h7-29,31,40H,1-6H3;2*1H;/q;;;+2/p-2. The molecule has 0 aromatic heterocycles. The van der Waals surface area contributed by atoms with Crippen LogP contribution < -0.4 is 35.3 Å². The number of rotatable bonds is 4. The van der Waals surface area contributed by atoms with Crippen LogP contribution in [0.5, 0.6) is 0 Å². The maximum Gasteiger partial charge on any atom is -1.00 e. The Morgan fingerprint density at radius 1 is 0.558 bits per heavy atom. The summed E-state index contributed by atoms with van der Waals surface area (Å²) in [7, 11) is 0. The van der Waals surface area contributed by atoms with Crippen molar-refractivity contribution in [2.75, 3.05) is 0 Å². The van der Waals surface area contributed by atoms with Gasteiger partial charge in [0.1, 0.15) is 0 Å². The molecule has 0 spiro atoms. The summed E-state index contributed by atoms with van der Waals surface area (Å²) in [4.78, 5) is 0. The summed E-state index contributed by atoms with van der Waals surface area (Å²) in [6, 6.07) is 49.8. The fourth-order valence-electron chi connectivity index (χ4n) is 8.14. The van der Waals surface area contributed by atoms with Crippen LogP contribution in [0.3, 0.4) is 0 Å². The molecule has 257 valence electrons. The van der Waals surface area contributed by atoms with E-state index in [-0.39, 0.29) is 41.6 Å². The van der Waals surface area contributed by atoms with Crippen molar-refractivity contribution in [1.29, 1.82) is 0 Å². The van der Waals surface area contributed by atoms with Gasteiger partial charge in [0.25, 0.3) is 0 Å². The maximum atomic E-state index is 2.56. The Morgan fingerprint density at radius 3 is 1.73 bits per heavy atom. The zero-order valence-corrected chi connectivity index (χ0v) is 34.7. The number of allylic oxidation sites excluding steroid dienone is 1. The van der Waals surface area contributed by atoms with Gasteiger partial charge in [-0.1, -0.05) is 0 Å². The molecule has 2 aliphatic carbocycles. The minimum Gasteiger partial charge on any atom is -1.00 e. The van der Waals surface area contributed by atoms with E-state index in [4.69, 9.17) is 0 Å². The van der Waals surface area contributed by atoms with Gasteiger partial charge in [0.05, 0.1) is 0 Å². The summed E-state index contributed by atoms with van der Waals surface area (Å²) in [5, 5.41) is 2.78. The van der Waals surface area contributed by atoms with Crippen molar-refractivity contribution in [3.63, 3.8) is 0 Å². The van der Waals surface area contributed by atoms with Crippen LogP contribution in [0.1, 0.15) is 92.0 Å². The second-order valence-electron chi connectivity index (χ2n) is 15.9. The van der Waals surface area contributed by atoms with E-state index in [9.17, 15) is 0 Å². The van der Waals surface area contributed by atoms with Crippen LogP contribution in [0.25, 0.3) is 37.2 Å². The first-order valence-electron chi connectivity index (χ1n) is 17.8. The minimum atomic E-state index is -0.135. The molecule has 8 rings (SSSR count). The molecule has 0 N–H and O–H groups in total. The first-order valence-corrected chi connectivity index (χ1v) is 19.0. The molecule has 0 saturated carbocycles. The molecule has 2 aliphatic rings. The van der Waals surface area contributed by atoms with Crippen LogP contribution in [-0.4, -0.2) is 0 Å². The van der Waals surface area contributed by atoms with Crippen LogP contribution >= 0.6 is 0 Å². The molecule has 0 radical (unpaired) electrons. The maximum absolute atomic E-state index is 2.56. The quantitative estimate of drug-likeness (QED) is 0.235. The van der Waals surface area contributed by atoms with Gasteiger partial charge in [-0.2, -0.15) is 0 Å². The molecule has 6 aromatic rings. The number of hydrogen-bond donors (Lipinski definition) is 0. The monoisotopic (exact) mass is 791 g/mol. The van der Waals surface area contributed by atoms with E-state index in [0.717, 1.165) is 0 Å². The van der Waals surface area contributed by atoms with Gasteiger partial charge in [0.2, 0.25) is 0 Å². The molecule has 0 aliphatic heterocycles. The van der Waals surface area contributed by atoms with Crippen molar-refractivity contribution in [1.82, 2.24) is 0 Å². The Labute approximate surface area is 337 Å². The number of hydrogen-bond acceptors (Lipinski definition) is 0. The fourth-order valence-corrected chi connectivity index (χ4v) is 9.31. The predicted molar refractivity (Wildman–Crippen MR) is 208 cm³/mol. The summed E-state index contributed by atoms with van der Waals surface area (Å²) in [5.41, 5.74) is 17.4. The molecule has 3 heteroatoms. The van der Waals surface area contributed by atoms with Crippen molar-refractivity contribution < 1.29 is 49.5 Å². The third-order valence-corrected chi connectivity index (χ3v) is 11.8. The summed E-state index contributed by atoms with van der Waals surface area (Å²) in [5.74, 6) is 0.135. The molecule has 0 nitrogen and oxygen atoms in total. The largest absolute Gasteiger partial charge is 1.00 e. The van der Waals surface area contributed by atoms with Crippen molar-refractivity contribution in [3.05, 3.63) is 194 Å². The van der Waals surface area contributed by atoms with Gasteiger partial charge in [-0.15, -0.1) is 0 Å². The van der Waals surface area contributed by atoms with Crippen LogP contribution in [0, 0.1) is 0 Å². The second kappa shape index (κ2) is 14.6. The average molecular weight is 794 g/mol. The van der Waals surface area contributed by atoms with Crippen molar-refractivity contribution >= 4 is 14.9 Å². The molecule has 0 heterocycles. The van der Waals surface area contributed by atoms with Crippen LogP contribution in [0.2, 0.25) is 0 Å². The van der Waals surface area contributed by atoms with Crippen LogP contribution in [0.4, 0.5) is 0 Å². The van der Waals surface area contributed by atoms with Gasteiger partial charge in [-0.3, -0.25) is 0 Å². The van der Waals surface area contributed by atoms with Crippen molar-refractivity contribution in [2.24, 2.45) is 0 Å². The zero-order chi connectivity index (χ0) is 34.8. The third kappa shape index (κ3) is 6.66. The van der Waals surface area contributed by atoms with E-state index in [0.29, 0.717) is 0 Å². The third-order valence-electron chi connectivity index (χ3n) is 10.5. The van der Waals surface area contributed by atoms with Gasteiger partial charge in [0.15, 0.2) is 0 Å². The number of halogens is 2. The van der Waals surface area contributed by atoms with E-state index >= 15 is 0 Å². The minimum absolute atomic E-state index is 0. The Hall–Kier alpha value is -3.74. The summed E-state index contributed by atoms with van der Waals surface area (Å²) in [6.07, 6.45) is 4.84. The molecule has 6 aromatic carbocycles. The number of benzene rings is 6. The second-order valence-corrected chi connectivity index (χ2v) is 17.2. The van der Waals surface area contributed by atoms with Crippen molar-refractivity contribution in [3.8, 4) is 22.3 Å². The molecule has 52 heavy (non-hydrogen) atoms. The van der Waals surface area contributed by atoms with Gasteiger partial charge in [-0.25, -0.2) is 0 Å². The van der Waals surface area contributed by atoms with E-state index < -0.39 is 0 Å². The summed E-state index contributed by atoms with van der Waals surface area (Å²) in [6.45, 7) is 14.2. The Bertz CT molecular complexity index is 2390. The number of fused-ring (bicyclic) bond motifs is 4. The average Bonchev–Trinajstić information content (AvgIpc) is 3.66. The van der Waals surface area contributed by atoms with Crippen LogP contribution in [0.15, 0.2) is 140 Å². The molecule has 0 bridgehead atoms. The topological polar surface area (TPSA) is 0 Å². The SMILES string of the molecule is CC(C)(C)c1ccc2c(c1)[C]([Zr+2])=c1c-2cc(=C(c2ccccc2)c2ccccc2)c(C(C)(C)C)c1C1C=Cc2ccc(-c3ccccc3)cc21.[Cl-].[Cl-]. The summed E-state index contributed by atoms with van der Waals surface area (Å²) >= 11 is 1.46. The van der Waals surface area contributed by atoms with Crippen LogP contribution in [-0.2, 0) is 35.5 Å². The Morgan fingerprint density at radius 2 is 1.15 bits per heavy atom. The molecule has 0 amide bonds. The fraction of sp³-hybridized carbons (Fsp3) is 0.184. The van der Waals surface area contributed by atoms with E-state index in [1.807, 2.05) is 0 Å². The Balaban J connectivity index is 0.00000232. The van der Waals surface area contributed by atoms with Gasteiger partial charge >= 0.3 is 315 Å². The predicted octanol–water partition coefficient (Wildman–Crippen LogP) is 5.05. The van der Waals surface area contributed by atoms with Gasteiger partial charge in [0, 0.05) is 0 Å². The molecular weight excluding hydrogens is 751 g/mol. The van der Waals surface area contributed by atoms with E-state index in [1.165, 1.54) is 111 Å². The molecule has 0 fully saturated rings. The van der Waals surface area contributed by atoms with E-state index in [1.54, 1.807) is 0 Å². The molecule has 1 unspecified atom stereocenters. The molecule has 1 atom stereocenters. The smallest absolute Gasteiger partial charge is 1.00 e. The Kier molecular flexibility index (Phi) is 10.7. The normalized spacial score (nSPS) is 14.2. The first-order chi connectivity index (χ1) is 24.0. The molecule has 0 saturated heterocycles. The van der Waals surface area contributed by atoms with Gasteiger partial charge < -0.3 is 24.8 Å². The summed E-state index contributed by atoms with van der Waals surface area (Å²) < 4.78 is 1.47. The molecular formula is C49H43Cl2Zr. The van der Waals surface area contributed by atoms with E-state index in [2.05, 4.69) is 187 Å². The van der Waals surface area contributed by atoms with Gasteiger partial charge in [-0.05, 0) is 0 Å². The zero-order valence-electron chi connectivity index (χ0n) is 30.7. The first kappa shape index (κ1) is 38.0. The van der Waals surface area contributed by atoms with Crippen molar-refractivity contribution in [2.45, 2.75) is 58.3 Å².